The highest BCUT2D eigenvalue weighted by atomic mass is 32.2. The van der Waals surface area contributed by atoms with Crippen LogP contribution in [0.2, 0.25) is 0 Å². The van der Waals surface area contributed by atoms with Crippen molar-refractivity contribution in [3.63, 3.8) is 0 Å². The summed E-state index contributed by atoms with van der Waals surface area (Å²) in [5, 5.41) is 7.42. The van der Waals surface area contributed by atoms with Crippen molar-refractivity contribution < 1.29 is 9.90 Å². The van der Waals surface area contributed by atoms with E-state index >= 15 is 0 Å². The fourth-order valence-electron chi connectivity index (χ4n) is 0.385. The van der Waals surface area contributed by atoms with Gasteiger partial charge in [-0.25, -0.2) is 0 Å². The molecule has 0 aliphatic carbocycles. The predicted octanol–water partition coefficient (Wildman–Crippen LogP) is 2.76. The lowest BCUT2D eigenvalue weighted by Gasteiger charge is -1.69. The standard InChI is InChI=1S/C6H6.C2H4O2.C2H6S/c1-2-4-6-5-3-1;1-2(3)4;1-3-2/h1-6H;1H3,(H,3,4);1-2H3. The van der Waals surface area contributed by atoms with Gasteiger partial charge in [-0.05, 0) is 12.5 Å². The minimum Gasteiger partial charge on any atom is -0.481 e. The Morgan fingerprint density at radius 2 is 1.08 bits per heavy atom. The Hall–Kier alpha value is -0.960. The van der Waals surface area contributed by atoms with E-state index in [0.717, 1.165) is 6.92 Å². The zero-order valence-electron chi connectivity index (χ0n) is 8.23. The largest absolute Gasteiger partial charge is 0.481 e. The van der Waals surface area contributed by atoms with Crippen LogP contribution in [0.5, 0.6) is 0 Å². The van der Waals surface area contributed by atoms with Gasteiger partial charge in [-0.2, -0.15) is 11.8 Å². The van der Waals surface area contributed by atoms with Crippen LogP contribution in [0.15, 0.2) is 36.4 Å². The van der Waals surface area contributed by atoms with Gasteiger partial charge in [0.25, 0.3) is 5.97 Å². The van der Waals surface area contributed by atoms with Gasteiger partial charge in [0.05, 0.1) is 0 Å². The summed E-state index contributed by atoms with van der Waals surface area (Å²) in [6, 6.07) is 12.0. The molecule has 2 nitrogen and oxygen atoms in total. The third-order valence-electron chi connectivity index (χ3n) is 0.667. The Kier molecular flexibility index (Phi) is 15.2. The summed E-state index contributed by atoms with van der Waals surface area (Å²) in [7, 11) is 0. The summed E-state index contributed by atoms with van der Waals surface area (Å²) in [5.41, 5.74) is 0. The van der Waals surface area contributed by atoms with Crippen LogP contribution >= 0.6 is 11.8 Å². The van der Waals surface area contributed by atoms with Crippen LogP contribution < -0.4 is 0 Å². The van der Waals surface area contributed by atoms with Gasteiger partial charge in [-0.15, -0.1) is 0 Å². The predicted molar refractivity (Wildman–Crippen MR) is 59.2 cm³/mol. The molecule has 0 radical (unpaired) electrons. The van der Waals surface area contributed by atoms with E-state index in [2.05, 4.69) is 0 Å². The number of carbonyl (C=O) groups is 1. The van der Waals surface area contributed by atoms with Crippen LogP contribution in [0.4, 0.5) is 0 Å². The van der Waals surface area contributed by atoms with Gasteiger partial charge in [0.2, 0.25) is 0 Å². The molecule has 0 unspecified atom stereocenters. The number of carboxylic acids is 1. The third kappa shape index (κ3) is 35.5. The van der Waals surface area contributed by atoms with E-state index in [1.54, 1.807) is 11.8 Å². The van der Waals surface area contributed by atoms with Gasteiger partial charge >= 0.3 is 0 Å². The van der Waals surface area contributed by atoms with E-state index in [4.69, 9.17) is 9.90 Å². The fraction of sp³-hybridized carbons (Fsp3) is 0.300. The molecule has 0 amide bonds. The third-order valence-corrected chi connectivity index (χ3v) is 0.667. The molecule has 0 heterocycles. The topological polar surface area (TPSA) is 37.3 Å². The molecule has 3 heteroatoms. The lowest BCUT2D eigenvalue weighted by Crippen LogP contribution is -1.78. The number of hydrogen-bond donors (Lipinski definition) is 1. The molecule has 74 valence electrons. The fourth-order valence-corrected chi connectivity index (χ4v) is 0.385. The Morgan fingerprint density at radius 1 is 1.00 bits per heavy atom. The molecule has 0 saturated carbocycles. The van der Waals surface area contributed by atoms with Gasteiger partial charge in [0.15, 0.2) is 0 Å². The molecule has 0 atom stereocenters. The number of aliphatic carboxylic acids is 1. The smallest absolute Gasteiger partial charge is 0.300 e. The van der Waals surface area contributed by atoms with Crippen molar-refractivity contribution in [2.45, 2.75) is 6.92 Å². The summed E-state index contributed by atoms with van der Waals surface area (Å²) in [4.78, 5) is 9.00. The molecule has 0 saturated heterocycles. The van der Waals surface area contributed by atoms with Gasteiger partial charge in [-0.1, -0.05) is 36.4 Å². The summed E-state index contributed by atoms with van der Waals surface area (Å²) in [5.74, 6) is -0.833. The van der Waals surface area contributed by atoms with Crippen molar-refractivity contribution in [2.75, 3.05) is 12.5 Å². The van der Waals surface area contributed by atoms with Crippen molar-refractivity contribution in [1.29, 1.82) is 0 Å². The quantitative estimate of drug-likeness (QED) is 0.699. The van der Waals surface area contributed by atoms with Crippen molar-refractivity contribution in [2.24, 2.45) is 0 Å². The van der Waals surface area contributed by atoms with Crippen molar-refractivity contribution in [3.8, 4) is 0 Å². The molecule has 0 aliphatic rings. The maximum atomic E-state index is 9.00. The van der Waals surface area contributed by atoms with Gasteiger partial charge < -0.3 is 5.11 Å². The number of carboxylic acid groups (broad SMARTS) is 1. The molecule has 1 N–H and O–H groups in total. The molecule has 0 bridgehead atoms. The Morgan fingerprint density at radius 3 is 1.15 bits per heavy atom. The molecule has 13 heavy (non-hydrogen) atoms. The minimum atomic E-state index is -0.833. The average Bonchev–Trinajstić information content (AvgIpc) is 2.08. The maximum Gasteiger partial charge on any atom is 0.300 e. The summed E-state index contributed by atoms with van der Waals surface area (Å²) >= 11 is 1.75. The zero-order valence-corrected chi connectivity index (χ0v) is 9.04. The van der Waals surface area contributed by atoms with Gasteiger partial charge in [0, 0.05) is 6.92 Å². The van der Waals surface area contributed by atoms with E-state index in [1.165, 1.54) is 0 Å². The van der Waals surface area contributed by atoms with E-state index in [0.29, 0.717) is 0 Å². The number of thioether (sulfide) groups is 1. The Balaban J connectivity index is 0. The zero-order chi connectivity index (χ0) is 10.5. The van der Waals surface area contributed by atoms with Crippen molar-refractivity contribution >= 4 is 17.7 Å². The highest BCUT2D eigenvalue weighted by Gasteiger charge is 1.65. The average molecular weight is 200 g/mol. The number of hydrogen-bond acceptors (Lipinski definition) is 2. The number of benzene rings is 1. The highest BCUT2D eigenvalue weighted by molar-refractivity contribution is 7.97. The van der Waals surface area contributed by atoms with Crippen LogP contribution in [-0.2, 0) is 4.79 Å². The van der Waals surface area contributed by atoms with Crippen LogP contribution in [0, 0.1) is 0 Å². The van der Waals surface area contributed by atoms with Crippen molar-refractivity contribution in [3.05, 3.63) is 36.4 Å². The summed E-state index contributed by atoms with van der Waals surface area (Å²) in [6.45, 7) is 1.08. The normalized spacial score (nSPS) is 7.00. The second-order valence-corrected chi connectivity index (χ2v) is 2.90. The highest BCUT2D eigenvalue weighted by Crippen LogP contribution is 1.79. The van der Waals surface area contributed by atoms with Crippen LogP contribution in [-0.4, -0.2) is 23.6 Å². The Labute approximate surface area is 84.0 Å². The molecule has 1 rings (SSSR count). The first-order valence-corrected chi connectivity index (χ1v) is 5.38. The molecule has 0 aliphatic heterocycles. The first-order chi connectivity index (χ1) is 6.15. The van der Waals surface area contributed by atoms with Gasteiger partial charge in [0.1, 0.15) is 0 Å². The van der Waals surface area contributed by atoms with Crippen molar-refractivity contribution in [1.82, 2.24) is 0 Å². The molecular formula is C10H16O2S. The second-order valence-electron chi connectivity index (χ2n) is 2.08. The minimum absolute atomic E-state index is 0.833. The molecule has 0 spiro atoms. The van der Waals surface area contributed by atoms with E-state index in [9.17, 15) is 0 Å². The van der Waals surface area contributed by atoms with Crippen LogP contribution in [0.3, 0.4) is 0 Å². The number of rotatable bonds is 0. The first kappa shape index (κ1) is 14.6. The molecule has 0 aromatic heterocycles. The van der Waals surface area contributed by atoms with E-state index in [-0.39, 0.29) is 0 Å². The first-order valence-electron chi connectivity index (χ1n) is 3.74. The molecule has 1 aromatic rings. The molecule has 0 fully saturated rings. The summed E-state index contributed by atoms with van der Waals surface area (Å²) in [6.07, 6.45) is 4.08. The maximum absolute atomic E-state index is 9.00. The lowest BCUT2D eigenvalue weighted by molar-refractivity contribution is -0.134. The van der Waals surface area contributed by atoms with Gasteiger partial charge in [-0.3, -0.25) is 4.79 Å². The van der Waals surface area contributed by atoms with Crippen LogP contribution in [0.1, 0.15) is 6.92 Å². The van der Waals surface area contributed by atoms with E-state index < -0.39 is 5.97 Å². The monoisotopic (exact) mass is 200 g/mol. The van der Waals surface area contributed by atoms with Crippen LogP contribution in [0.25, 0.3) is 0 Å². The lowest BCUT2D eigenvalue weighted by atomic mass is 10.4. The SMILES string of the molecule is CC(=O)O.CSC.c1ccccc1. The van der Waals surface area contributed by atoms with E-state index in [1.807, 2.05) is 48.9 Å². The Bertz CT molecular complexity index is 157. The second kappa shape index (κ2) is 13.6. The molecule has 1 aromatic carbocycles. The summed E-state index contributed by atoms with van der Waals surface area (Å²) < 4.78 is 0. The molecular weight excluding hydrogens is 184 g/mol.